The van der Waals surface area contributed by atoms with E-state index >= 15 is 0 Å². The van der Waals surface area contributed by atoms with E-state index in [2.05, 4.69) is 88.4 Å². The molecule has 0 aromatic heterocycles. The molecule has 0 radical (unpaired) electrons. The smallest absolute Gasteiger partial charge is 0.174 e. The predicted molar refractivity (Wildman–Crippen MR) is 172 cm³/mol. The first-order valence-corrected chi connectivity index (χ1v) is 16.9. The Morgan fingerprint density at radius 1 is 0.475 bits per heavy atom. The monoisotopic (exact) mass is 548 g/mol. The van der Waals surface area contributed by atoms with E-state index in [9.17, 15) is 10.2 Å². The predicted octanol–water partition coefficient (Wildman–Crippen LogP) is 10.7. The van der Waals surface area contributed by atoms with Gasteiger partial charge in [-0.3, -0.25) is 0 Å². The summed E-state index contributed by atoms with van der Waals surface area (Å²) in [5, 5.41) is 25.7. The van der Waals surface area contributed by atoms with Crippen LogP contribution < -0.4 is 0 Å². The second-order valence-corrected chi connectivity index (χ2v) is 13.2. The van der Waals surface area contributed by atoms with Crippen molar-refractivity contribution in [3.63, 3.8) is 0 Å². The van der Waals surface area contributed by atoms with Crippen LogP contribution in [0.4, 0.5) is 0 Å². The van der Waals surface area contributed by atoms with Crippen LogP contribution >= 0.6 is 0 Å². The van der Waals surface area contributed by atoms with Gasteiger partial charge in [-0.25, -0.2) is 0 Å². The van der Waals surface area contributed by atoms with Gasteiger partial charge in [0.2, 0.25) is 0 Å². The van der Waals surface area contributed by atoms with Crippen LogP contribution in [0.1, 0.15) is 154 Å². The lowest BCUT2D eigenvalue weighted by atomic mass is 9.43. The molecule has 1 aliphatic rings. The summed E-state index contributed by atoms with van der Waals surface area (Å²) >= 11 is 0. The van der Waals surface area contributed by atoms with E-state index < -0.39 is 16.6 Å². The molecule has 2 nitrogen and oxygen atoms in total. The zero-order chi connectivity index (χ0) is 29.0. The summed E-state index contributed by atoms with van der Waals surface area (Å²) in [6, 6.07) is 22.3. The molecule has 2 aromatic carbocycles. The Labute approximate surface area is 247 Å². The second-order valence-electron chi connectivity index (χ2n) is 13.2. The number of unbranched alkanes of at least 4 members (excludes halogenated alkanes) is 8. The maximum absolute atomic E-state index is 12.9. The minimum Gasteiger partial charge on any atom is -0.365 e. The Kier molecular flexibility index (Phi) is 12.8. The van der Waals surface area contributed by atoms with Gasteiger partial charge in [-0.05, 0) is 49.7 Å². The number of aliphatic hydroxyl groups is 2. The second kappa shape index (κ2) is 15.5. The van der Waals surface area contributed by atoms with Gasteiger partial charge in [0.1, 0.15) is 0 Å². The minimum absolute atomic E-state index is 0.242. The van der Waals surface area contributed by atoms with Crippen LogP contribution in [-0.2, 0) is 5.41 Å². The SMILES string of the molecule is CCCCCC1(CCCCC)CC(c2ccccc2)(c2ccccc2)CC(CCCCC)(CCCCC)C1(O)O. The van der Waals surface area contributed by atoms with Crippen molar-refractivity contribution in [2.24, 2.45) is 10.8 Å². The molecule has 1 fully saturated rings. The third-order valence-corrected chi connectivity index (χ3v) is 10.4. The molecule has 0 bridgehead atoms. The molecule has 224 valence electrons. The molecule has 0 aliphatic heterocycles. The number of rotatable bonds is 18. The first-order chi connectivity index (χ1) is 19.4. The number of hydrogen-bond donors (Lipinski definition) is 2. The molecule has 0 saturated heterocycles. The van der Waals surface area contributed by atoms with E-state index in [1.54, 1.807) is 0 Å². The molecule has 0 amide bonds. The highest BCUT2D eigenvalue weighted by Crippen LogP contribution is 2.67. The van der Waals surface area contributed by atoms with Crippen LogP contribution in [0.15, 0.2) is 60.7 Å². The van der Waals surface area contributed by atoms with Crippen molar-refractivity contribution in [2.75, 3.05) is 0 Å². The lowest BCUT2D eigenvalue weighted by Crippen LogP contribution is -2.67. The molecule has 1 saturated carbocycles. The van der Waals surface area contributed by atoms with Crippen LogP contribution in [0.2, 0.25) is 0 Å². The van der Waals surface area contributed by atoms with Crippen molar-refractivity contribution in [1.82, 2.24) is 0 Å². The lowest BCUT2D eigenvalue weighted by molar-refractivity contribution is -0.346. The fourth-order valence-electron chi connectivity index (χ4n) is 8.27. The fraction of sp³-hybridized carbons (Fsp3) is 0.684. The molecule has 0 heterocycles. The molecule has 0 spiro atoms. The van der Waals surface area contributed by atoms with E-state index in [0.29, 0.717) is 0 Å². The van der Waals surface area contributed by atoms with E-state index in [-0.39, 0.29) is 5.41 Å². The van der Waals surface area contributed by atoms with Crippen molar-refractivity contribution >= 4 is 0 Å². The van der Waals surface area contributed by atoms with E-state index in [1.165, 1.54) is 11.1 Å². The Morgan fingerprint density at radius 3 is 1.05 bits per heavy atom. The first-order valence-electron chi connectivity index (χ1n) is 16.9. The molecule has 40 heavy (non-hydrogen) atoms. The van der Waals surface area contributed by atoms with E-state index in [1.807, 2.05) is 0 Å². The maximum atomic E-state index is 12.9. The molecular weight excluding hydrogens is 488 g/mol. The Hall–Kier alpha value is -1.64. The average molecular weight is 549 g/mol. The van der Waals surface area contributed by atoms with Gasteiger partial charge in [0.25, 0.3) is 0 Å². The van der Waals surface area contributed by atoms with Crippen molar-refractivity contribution in [1.29, 1.82) is 0 Å². The summed E-state index contributed by atoms with van der Waals surface area (Å²) < 4.78 is 0. The van der Waals surface area contributed by atoms with Gasteiger partial charge in [0.05, 0.1) is 0 Å². The van der Waals surface area contributed by atoms with Crippen molar-refractivity contribution in [2.45, 2.75) is 154 Å². The van der Waals surface area contributed by atoms with E-state index in [0.717, 1.165) is 116 Å². The van der Waals surface area contributed by atoms with Crippen molar-refractivity contribution in [3.05, 3.63) is 71.8 Å². The van der Waals surface area contributed by atoms with Gasteiger partial charge in [-0.1, -0.05) is 165 Å². The van der Waals surface area contributed by atoms with Crippen LogP contribution in [0, 0.1) is 10.8 Å². The van der Waals surface area contributed by atoms with E-state index in [4.69, 9.17) is 0 Å². The van der Waals surface area contributed by atoms with Gasteiger partial charge in [-0.15, -0.1) is 0 Å². The summed E-state index contributed by atoms with van der Waals surface area (Å²) in [5.41, 5.74) is 1.37. The van der Waals surface area contributed by atoms with Crippen molar-refractivity contribution in [3.8, 4) is 0 Å². The Bertz CT molecular complexity index is 850. The van der Waals surface area contributed by atoms with Crippen LogP contribution in [0.5, 0.6) is 0 Å². The fourth-order valence-corrected chi connectivity index (χ4v) is 8.27. The molecule has 2 aromatic rings. The zero-order valence-corrected chi connectivity index (χ0v) is 26.4. The van der Waals surface area contributed by atoms with Gasteiger partial charge in [-0.2, -0.15) is 0 Å². The van der Waals surface area contributed by atoms with Gasteiger partial charge in [0, 0.05) is 16.2 Å². The average Bonchev–Trinajstić information content (AvgIpc) is 2.97. The molecule has 2 N–H and O–H groups in total. The Balaban J connectivity index is 2.32. The normalized spacial score (nSPS) is 18.9. The van der Waals surface area contributed by atoms with Crippen molar-refractivity contribution < 1.29 is 10.2 Å². The van der Waals surface area contributed by atoms with Crippen LogP contribution in [0.25, 0.3) is 0 Å². The summed E-state index contributed by atoms with van der Waals surface area (Å²) in [6.45, 7) is 9.03. The number of hydrogen-bond acceptors (Lipinski definition) is 2. The minimum atomic E-state index is -1.68. The topological polar surface area (TPSA) is 40.5 Å². The Morgan fingerprint density at radius 2 is 0.775 bits per heavy atom. The quantitative estimate of drug-likeness (QED) is 0.144. The first kappa shape index (κ1) is 32.9. The highest BCUT2D eigenvalue weighted by atomic mass is 16.5. The summed E-state index contributed by atoms with van der Waals surface area (Å²) in [4.78, 5) is 0. The van der Waals surface area contributed by atoms with Gasteiger partial charge in [0.15, 0.2) is 5.79 Å². The number of benzene rings is 2. The largest absolute Gasteiger partial charge is 0.365 e. The molecule has 3 rings (SSSR count). The van der Waals surface area contributed by atoms with Gasteiger partial charge < -0.3 is 10.2 Å². The maximum Gasteiger partial charge on any atom is 0.174 e. The summed E-state index contributed by atoms with van der Waals surface area (Å²) in [5.74, 6) is -1.68. The highest BCUT2D eigenvalue weighted by molar-refractivity contribution is 5.42. The standard InChI is InChI=1S/C38H60O2/c1-5-9-19-27-35(28-20-10-6-2)31-37(33-23-15-13-16-24-33,34-25-17-14-18-26-34)32-36(38(35,39)40,29-21-11-7-3)30-22-12-8-4/h13-18,23-26,39-40H,5-12,19-22,27-32H2,1-4H3. The molecule has 0 atom stereocenters. The molecular formula is C38H60O2. The third-order valence-electron chi connectivity index (χ3n) is 10.4. The summed E-state index contributed by atoms with van der Waals surface area (Å²) in [7, 11) is 0. The van der Waals surface area contributed by atoms with Crippen LogP contribution in [0.3, 0.4) is 0 Å². The molecule has 2 heteroatoms. The lowest BCUT2D eigenvalue weighted by Gasteiger charge is -2.64. The summed E-state index contributed by atoms with van der Waals surface area (Å²) in [6.07, 6.45) is 18.6. The molecule has 0 unspecified atom stereocenters. The van der Waals surface area contributed by atoms with Gasteiger partial charge >= 0.3 is 0 Å². The third kappa shape index (κ3) is 7.04. The molecule has 1 aliphatic carbocycles. The highest BCUT2D eigenvalue weighted by Gasteiger charge is 2.68. The zero-order valence-electron chi connectivity index (χ0n) is 26.4. The van der Waals surface area contributed by atoms with Crippen LogP contribution in [-0.4, -0.2) is 16.0 Å².